The van der Waals surface area contributed by atoms with Gasteiger partial charge in [-0.2, -0.15) is 0 Å². The van der Waals surface area contributed by atoms with Gasteiger partial charge in [-0.15, -0.1) is 0 Å². The van der Waals surface area contributed by atoms with Crippen LogP contribution in [0.2, 0.25) is 0 Å². The first-order valence-electron chi connectivity index (χ1n) is 7.99. The number of aromatic nitrogens is 2. The minimum Gasteiger partial charge on any atom is -0.487 e. The molecule has 26 heavy (non-hydrogen) atoms. The third-order valence-electron chi connectivity index (χ3n) is 3.85. The van der Waals surface area contributed by atoms with Crippen molar-refractivity contribution in [1.29, 1.82) is 0 Å². The summed E-state index contributed by atoms with van der Waals surface area (Å²) in [5, 5.41) is 2.71. The van der Waals surface area contributed by atoms with Crippen molar-refractivity contribution in [2.45, 2.75) is 13.5 Å². The van der Waals surface area contributed by atoms with Gasteiger partial charge >= 0.3 is 0 Å². The zero-order chi connectivity index (χ0) is 18.7. The van der Waals surface area contributed by atoms with Gasteiger partial charge in [-0.25, -0.2) is 4.68 Å². The number of halogens is 1. The molecular formula is C19H18BrN3O3. The summed E-state index contributed by atoms with van der Waals surface area (Å²) in [5.41, 5.74) is 2.00. The third-order valence-corrected chi connectivity index (χ3v) is 4.65. The zero-order valence-electron chi connectivity index (χ0n) is 14.4. The maximum Gasteiger partial charge on any atom is 0.286 e. The van der Waals surface area contributed by atoms with E-state index in [1.165, 1.54) is 6.92 Å². The lowest BCUT2D eigenvalue weighted by Crippen LogP contribution is -2.19. The average molecular weight is 416 g/mol. The van der Waals surface area contributed by atoms with Gasteiger partial charge in [0.2, 0.25) is 5.91 Å². The number of carbonyl (C=O) groups is 1. The Balaban J connectivity index is 1.86. The summed E-state index contributed by atoms with van der Waals surface area (Å²) in [6, 6.07) is 16.5. The molecule has 0 aliphatic rings. The van der Waals surface area contributed by atoms with Gasteiger partial charge in [0.15, 0.2) is 0 Å². The maximum atomic E-state index is 12.6. The highest BCUT2D eigenvalue weighted by Gasteiger charge is 2.17. The van der Waals surface area contributed by atoms with Gasteiger partial charge in [0, 0.05) is 25.7 Å². The Bertz CT molecular complexity index is 993. The van der Waals surface area contributed by atoms with Crippen LogP contribution in [0.5, 0.6) is 5.75 Å². The molecule has 0 fully saturated rings. The second-order valence-electron chi connectivity index (χ2n) is 5.73. The topological polar surface area (TPSA) is 65.3 Å². The minimum absolute atomic E-state index is 0.146. The Morgan fingerprint density at radius 1 is 1.15 bits per heavy atom. The molecule has 0 bridgehead atoms. The van der Waals surface area contributed by atoms with Crippen LogP contribution in [-0.2, 0) is 18.4 Å². The van der Waals surface area contributed by atoms with E-state index in [4.69, 9.17) is 4.74 Å². The molecule has 0 saturated heterocycles. The molecular weight excluding hydrogens is 398 g/mol. The highest BCUT2D eigenvalue weighted by molar-refractivity contribution is 9.10. The zero-order valence-corrected chi connectivity index (χ0v) is 16.0. The molecule has 2 aromatic carbocycles. The van der Waals surface area contributed by atoms with Crippen LogP contribution >= 0.6 is 15.9 Å². The van der Waals surface area contributed by atoms with Crippen molar-refractivity contribution in [3.8, 4) is 11.4 Å². The second-order valence-corrected chi connectivity index (χ2v) is 6.53. The molecule has 0 aliphatic carbocycles. The number of hydrogen-bond donors (Lipinski definition) is 1. The van der Waals surface area contributed by atoms with Crippen LogP contribution in [0, 0.1) is 0 Å². The molecule has 1 N–H and O–H groups in total. The van der Waals surface area contributed by atoms with Crippen LogP contribution in [0.25, 0.3) is 5.69 Å². The van der Waals surface area contributed by atoms with E-state index in [0.29, 0.717) is 21.6 Å². The third kappa shape index (κ3) is 3.72. The van der Waals surface area contributed by atoms with Crippen molar-refractivity contribution >= 4 is 27.5 Å². The number of benzene rings is 2. The Kier molecular flexibility index (Phi) is 5.27. The number of para-hydroxylation sites is 1. The quantitative estimate of drug-likeness (QED) is 0.693. The molecule has 3 aromatic rings. The molecule has 1 heterocycles. The van der Waals surface area contributed by atoms with E-state index in [2.05, 4.69) is 21.2 Å². The molecule has 0 radical (unpaired) electrons. The monoisotopic (exact) mass is 415 g/mol. The molecule has 134 valence electrons. The number of rotatable bonds is 5. The van der Waals surface area contributed by atoms with Gasteiger partial charge in [0.05, 0.1) is 11.4 Å². The van der Waals surface area contributed by atoms with Crippen molar-refractivity contribution in [1.82, 2.24) is 9.36 Å². The summed E-state index contributed by atoms with van der Waals surface area (Å²) >= 11 is 3.38. The summed E-state index contributed by atoms with van der Waals surface area (Å²) in [4.78, 5) is 23.8. The second kappa shape index (κ2) is 7.61. The van der Waals surface area contributed by atoms with E-state index in [1.807, 2.05) is 37.4 Å². The Labute approximate surface area is 159 Å². The van der Waals surface area contributed by atoms with Crippen molar-refractivity contribution in [2.75, 3.05) is 5.32 Å². The van der Waals surface area contributed by atoms with Crippen LogP contribution in [0.3, 0.4) is 0 Å². The number of nitrogens with one attached hydrogen (secondary N) is 1. The van der Waals surface area contributed by atoms with Crippen LogP contribution in [0.4, 0.5) is 5.69 Å². The van der Waals surface area contributed by atoms with E-state index < -0.39 is 0 Å². The first-order chi connectivity index (χ1) is 12.5. The number of hydrogen-bond acceptors (Lipinski definition) is 3. The standard InChI is InChI=1S/C19H18BrN3O3/c1-13(24)21-14-7-6-10-16(11-14)26-12-17-18(20)19(25)23(22(17)2)15-8-4-3-5-9-15/h3-11H,12H2,1-2H3,(H,21,24). The van der Waals surface area contributed by atoms with E-state index in [-0.39, 0.29) is 18.1 Å². The number of anilines is 1. The van der Waals surface area contributed by atoms with E-state index in [1.54, 1.807) is 33.6 Å². The fourth-order valence-corrected chi connectivity index (χ4v) is 3.19. The molecule has 3 rings (SSSR count). The van der Waals surface area contributed by atoms with E-state index in [0.717, 1.165) is 5.69 Å². The van der Waals surface area contributed by atoms with E-state index in [9.17, 15) is 9.59 Å². The van der Waals surface area contributed by atoms with Crippen molar-refractivity contribution in [3.63, 3.8) is 0 Å². The summed E-state index contributed by atoms with van der Waals surface area (Å²) in [6.07, 6.45) is 0. The highest BCUT2D eigenvalue weighted by atomic mass is 79.9. The smallest absolute Gasteiger partial charge is 0.286 e. The van der Waals surface area contributed by atoms with Crippen LogP contribution in [0.1, 0.15) is 12.6 Å². The van der Waals surface area contributed by atoms with Gasteiger partial charge in [-0.3, -0.25) is 14.3 Å². The molecule has 6 nitrogen and oxygen atoms in total. The Morgan fingerprint density at radius 3 is 2.58 bits per heavy atom. The molecule has 1 aromatic heterocycles. The van der Waals surface area contributed by atoms with Gasteiger partial charge < -0.3 is 10.1 Å². The number of ether oxygens (including phenoxy) is 1. The predicted molar refractivity (Wildman–Crippen MR) is 104 cm³/mol. The minimum atomic E-state index is -0.149. The summed E-state index contributed by atoms with van der Waals surface area (Å²) < 4.78 is 9.63. The molecule has 0 unspecified atom stereocenters. The Hall–Kier alpha value is -2.80. The first kappa shape index (κ1) is 18.0. The highest BCUT2D eigenvalue weighted by Crippen LogP contribution is 2.21. The lowest BCUT2D eigenvalue weighted by atomic mass is 10.3. The van der Waals surface area contributed by atoms with Gasteiger partial charge in [-0.05, 0) is 40.2 Å². The fraction of sp³-hybridized carbons (Fsp3) is 0.158. The van der Waals surface area contributed by atoms with Crippen LogP contribution < -0.4 is 15.6 Å². The average Bonchev–Trinajstić information content (AvgIpc) is 2.83. The lowest BCUT2D eigenvalue weighted by molar-refractivity contribution is -0.114. The molecule has 0 aliphatic heterocycles. The van der Waals surface area contributed by atoms with Crippen molar-refractivity contribution < 1.29 is 9.53 Å². The summed E-state index contributed by atoms with van der Waals surface area (Å²) in [7, 11) is 1.81. The van der Waals surface area contributed by atoms with Crippen LogP contribution in [0.15, 0.2) is 63.9 Å². The SMILES string of the molecule is CC(=O)Nc1cccc(OCc2c(Br)c(=O)n(-c3ccccc3)n2C)c1. The molecule has 1 amide bonds. The van der Waals surface area contributed by atoms with Gasteiger partial charge in [-0.1, -0.05) is 24.3 Å². The molecule has 0 spiro atoms. The Morgan fingerprint density at radius 2 is 1.88 bits per heavy atom. The fourth-order valence-electron chi connectivity index (χ4n) is 2.65. The first-order valence-corrected chi connectivity index (χ1v) is 8.79. The van der Waals surface area contributed by atoms with Gasteiger partial charge in [0.25, 0.3) is 5.56 Å². The van der Waals surface area contributed by atoms with Crippen molar-refractivity contribution in [2.24, 2.45) is 7.05 Å². The van der Waals surface area contributed by atoms with Gasteiger partial charge in [0.1, 0.15) is 16.8 Å². The summed E-state index contributed by atoms with van der Waals surface area (Å²) in [5.74, 6) is 0.454. The number of amides is 1. The predicted octanol–water partition coefficient (Wildman–Crippen LogP) is 3.48. The van der Waals surface area contributed by atoms with Crippen LogP contribution in [-0.4, -0.2) is 15.3 Å². The molecule has 7 heteroatoms. The molecule has 0 atom stereocenters. The lowest BCUT2D eigenvalue weighted by Gasteiger charge is -2.12. The molecule has 0 saturated carbocycles. The summed E-state index contributed by atoms with van der Waals surface area (Å²) in [6.45, 7) is 1.66. The number of carbonyl (C=O) groups excluding carboxylic acids is 1. The maximum absolute atomic E-state index is 12.6. The normalized spacial score (nSPS) is 10.6. The van der Waals surface area contributed by atoms with Crippen molar-refractivity contribution in [3.05, 3.63) is 75.1 Å². The van der Waals surface area contributed by atoms with E-state index >= 15 is 0 Å². The largest absolute Gasteiger partial charge is 0.487 e. The number of nitrogens with zero attached hydrogens (tertiary/aromatic N) is 2.